The maximum absolute atomic E-state index is 11.2. The van der Waals surface area contributed by atoms with Crippen molar-refractivity contribution in [3.05, 3.63) is 89.0 Å². The van der Waals surface area contributed by atoms with Crippen molar-refractivity contribution in [3.63, 3.8) is 0 Å². The van der Waals surface area contributed by atoms with Crippen LogP contribution in [0.1, 0.15) is 59.3 Å². The van der Waals surface area contributed by atoms with Gasteiger partial charge in [0, 0.05) is 12.1 Å². The van der Waals surface area contributed by atoms with Crippen molar-refractivity contribution in [2.75, 3.05) is 13.6 Å². The number of nitrogens with one attached hydrogen (secondary N) is 2. The van der Waals surface area contributed by atoms with Crippen LogP contribution in [0.4, 0.5) is 0 Å². The molecule has 0 aromatic heterocycles. The average Bonchev–Trinajstić information content (AvgIpc) is 3.61. The van der Waals surface area contributed by atoms with Crippen LogP contribution in [0.5, 0.6) is 0 Å². The van der Waals surface area contributed by atoms with Crippen LogP contribution in [-0.2, 0) is 21.5 Å². The van der Waals surface area contributed by atoms with Gasteiger partial charge < -0.3 is 10.6 Å². The quantitative estimate of drug-likeness (QED) is 0.190. The molecule has 1 saturated carbocycles. The molecule has 2 N–H and O–H groups in total. The van der Waals surface area contributed by atoms with Crippen LogP contribution in [0, 0.1) is 19.3 Å². The van der Waals surface area contributed by atoms with Gasteiger partial charge in [-0.15, -0.1) is 6.42 Å². The highest BCUT2D eigenvalue weighted by atomic mass is 16.2. The van der Waals surface area contributed by atoms with Crippen LogP contribution in [0.15, 0.2) is 61.2 Å². The number of hydrogen-bond donors (Lipinski definition) is 2. The predicted molar refractivity (Wildman–Crippen MR) is 144 cm³/mol. The molecular weight excluding hydrogens is 436 g/mol. The van der Waals surface area contributed by atoms with Gasteiger partial charge in [-0.05, 0) is 61.4 Å². The van der Waals surface area contributed by atoms with Crippen LogP contribution in [0.2, 0.25) is 0 Å². The fourth-order valence-electron chi connectivity index (χ4n) is 3.39. The average molecular weight is 473 g/mol. The molecule has 1 aliphatic rings. The molecule has 0 unspecified atom stereocenters. The summed E-state index contributed by atoms with van der Waals surface area (Å²) in [5, 5.41) is 5.17. The van der Waals surface area contributed by atoms with E-state index in [4.69, 9.17) is 6.42 Å². The number of rotatable bonds is 8. The molecule has 0 spiro atoms. The monoisotopic (exact) mass is 472 g/mol. The molecule has 0 bridgehead atoms. The maximum Gasteiger partial charge on any atom is 0.284 e. The minimum absolute atomic E-state index is 0.0639. The third kappa shape index (κ3) is 9.95. The molecule has 2 aromatic rings. The Bertz CT molecular complexity index is 1090. The molecule has 184 valence electrons. The minimum Gasteiger partial charge on any atom is -0.346 e. The lowest BCUT2D eigenvalue weighted by atomic mass is 9.90. The zero-order chi connectivity index (χ0) is 26.3. The number of hydrogen-bond acceptors (Lipinski definition) is 4. The van der Waals surface area contributed by atoms with E-state index in [0.29, 0.717) is 23.1 Å². The summed E-state index contributed by atoms with van der Waals surface area (Å²) in [7, 11) is 1.82. The normalized spacial score (nSPS) is 12.7. The van der Waals surface area contributed by atoms with Gasteiger partial charge in [-0.1, -0.05) is 80.1 Å². The van der Waals surface area contributed by atoms with E-state index in [2.05, 4.69) is 61.3 Å². The Morgan fingerprint density at radius 1 is 1.17 bits per heavy atom. The smallest absolute Gasteiger partial charge is 0.284 e. The van der Waals surface area contributed by atoms with Gasteiger partial charge in [0.1, 0.15) is 0 Å². The number of carbonyl (C=O) groups is 3. The highest BCUT2D eigenvalue weighted by Crippen LogP contribution is 2.49. The molecule has 5 heteroatoms. The van der Waals surface area contributed by atoms with E-state index in [1.54, 1.807) is 24.3 Å². The molecule has 35 heavy (non-hydrogen) atoms. The highest BCUT2D eigenvalue weighted by Gasteiger charge is 2.40. The Kier molecular flexibility index (Phi) is 12.7. The first kappa shape index (κ1) is 29.3. The topological polar surface area (TPSA) is 75.3 Å². The van der Waals surface area contributed by atoms with Gasteiger partial charge in [-0.2, -0.15) is 0 Å². The zero-order valence-corrected chi connectivity index (χ0v) is 21.2. The summed E-state index contributed by atoms with van der Waals surface area (Å²) >= 11 is 0. The first-order valence-electron chi connectivity index (χ1n) is 11.5. The van der Waals surface area contributed by atoms with Crippen molar-refractivity contribution in [2.45, 2.75) is 45.6 Å². The zero-order valence-electron chi connectivity index (χ0n) is 21.2. The van der Waals surface area contributed by atoms with Gasteiger partial charge in [0.05, 0.1) is 6.54 Å². The molecular formula is C30H36N2O3. The lowest BCUT2D eigenvalue weighted by Crippen LogP contribution is -2.24. The van der Waals surface area contributed by atoms with Crippen molar-refractivity contribution >= 4 is 24.1 Å². The molecule has 0 heterocycles. The molecule has 0 atom stereocenters. The second-order valence-electron chi connectivity index (χ2n) is 8.48. The van der Waals surface area contributed by atoms with Crippen molar-refractivity contribution in [1.29, 1.82) is 0 Å². The lowest BCUT2D eigenvalue weighted by Gasteiger charge is -2.14. The van der Waals surface area contributed by atoms with Gasteiger partial charge >= 0.3 is 0 Å². The Hall–Kier alpha value is -3.75. The highest BCUT2D eigenvalue weighted by molar-refractivity contribution is 6.23. The number of aryl methyl sites for hydroxylation is 1. The van der Waals surface area contributed by atoms with Crippen molar-refractivity contribution in [2.24, 2.45) is 0 Å². The first-order valence-corrected chi connectivity index (χ1v) is 11.5. The number of aldehydes is 1. The first-order chi connectivity index (χ1) is 16.7. The summed E-state index contributed by atoms with van der Waals surface area (Å²) < 4.78 is 0. The van der Waals surface area contributed by atoms with E-state index in [1.165, 1.54) is 36.5 Å². The lowest BCUT2D eigenvalue weighted by molar-refractivity contribution is -0.131. The van der Waals surface area contributed by atoms with Crippen LogP contribution >= 0.6 is 0 Å². The summed E-state index contributed by atoms with van der Waals surface area (Å²) in [5.41, 5.74) is 5.95. The molecule has 3 rings (SSSR count). The van der Waals surface area contributed by atoms with Crippen LogP contribution in [0.25, 0.3) is 6.08 Å². The van der Waals surface area contributed by atoms with Gasteiger partial charge in [0.2, 0.25) is 6.29 Å². The number of terminal acetylenes is 1. The molecule has 0 radical (unpaired) electrons. The number of benzene rings is 2. The SMILES string of the molecule is C#CCNC.C=C/C=C\c1c(C)cccc1C1(C)CC1.CC(=O)c1ccccc1CNC(=O)C=O. The maximum atomic E-state index is 11.2. The van der Waals surface area contributed by atoms with E-state index in [0.717, 1.165) is 0 Å². The summed E-state index contributed by atoms with van der Waals surface area (Å²) in [6.45, 7) is 10.6. The Balaban J connectivity index is 0.000000295. The predicted octanol–water partition coefficient (Wildman–Crippen LogP) is 4.79. The van der Waals surface area contributed by atoms with E-state index in [1.807, 2.05) is 19.2 Å². The molecule has 0 aliphatic heterocycles. The van der Waals surface area contributed by atoms with Gasteiger partial charge in [-0.25, -0.2) is 0 Å². The molecule has 0 saturated heterocycles. The number of carbonyl (C=O) groups excluding carboxylic acids is 3. The third-order valence-electron chi connectivity index (χ3n) is 5.61. The summed E-state index contributed by atoms with van der Waals surface area (Å²) in [6, 6.07) is 13.6. The third-order valence-corrected chi connectivity index (χ3v) is 5.61. The molecule has 5 nitrogen and oxygen atoms in total. The molecule has 2 aromatic carbocycles. The van der Waals surface area contributed by atoms with Crippen LogP contribution in [0.3, 0.4) is 0 Å². The van der Waals surface area contributed by atoms with E-state index < -0.39 is 5.91 Å². The van der Waals surface area contributed by atoms with E-state index >= 15 is 0 Å². The summed E-state index contributed by atoms with van der Waals surface area (Å²) in [4.78, 5) is 32.0. The molecule has 1 amide bonds. The van der Waals surface area contributed by atoms with Crippen molar-refractivity contribution in [3.8, 4) is 12.3 Å². The fourth-order valence-corrected chi connectivity index (χ4v) is 3.39. The Morgan fingerprint density at radius 2 is 1.86 bits per heavy atom. The summed E-state index contributed by atoms with van der Waals surface area (Å²) in [5.74, 6) is 1.66. The van der Waals surface area contributed by atoms with Gasteiger partial charge in [0.15, 0.2) is 5.78 Å². The standard InChI is InChI=1S/C15H18.C11H11NO3.C4H7N/c1-4-5-8-13-12(2)7-6-9-14(13)15(3)10-11-15;1-8(14)10-5-3-2-4-9(10)6-12-11(15)7-13;1-3-4-5-2/h4-9H,1,10-11H2,2-3H3;2-5,7H,6H2,1H3,(H,12,15);1,5H,4H2,2H3/b8-5-;;. The molecule has 1 fully saturated rings. The Labute approximate surface area is 209 Å². The fraction of sp³-hybridized carbons (Fsp3) is 0.300. The number of ketones is 1. The second-order valence-corrected chi connectivity index (χ2v) is 8.48. The van der Waals surface area contributed by atoms with Crippen molar-refractivity contribution < 1.29 is 14.4 Å². The van der Waals surface area contributed by atoms with Crippen LogP contribution < -0.4 is 10.6 Å². The minimum atomic E-state index is -0.687. The van der Waals surface area contributed by atoms with Gasteiger partial charge in [-0.3, -0.25) is 14.4 Å². The summed E-state index contributed by atoms with van der Waals surface area (Å²) in [6.07, 6.45) is 13.7. The van der Waals surface area contributed by atoms with E-state index in [9.17, 15) is 14.4 Å². The number of allylic oxidation sites excluding steroid dienone is 2. The molecule has 1 aliphatic carbocycles. The van der Waals surface area contributed by atoms with E-state index in [-0.39, 0.29) is 18.6 Å². The second kappa shape index (κ2) is 15.2. The number of amides is 1. The largest absolute Gasteiger partial charge is 0.346 e. The van der Waals surface area contributed by atoms with Crippen LogP contribution in [-0.4, -0.2) is 31.6 Å². The number of Topliss-reactive ketones (excluding diaryl/α,β-unsaturated/α-hetero) is 1. The van der Waals surface area contributed by atoms with Crippen molar-refractivity contribution in [1.82, 2.24) is 10.6 Å². The Morgan fingerprint density at radius 3 is 2.37 bits per heavy atom. The van der Waals surface area contributed by atoms with Gasteiger partial charge in [0.25, 0.3) is 5.91 Å².